The van der Waals surface area contributed by atoms with Gasteiger partial charge in [-0.3, -0.25) is 9.59 Å². The van der Waals surface area contributed by atoms with E-state index in [9.17, 15) is 18.4 Å². The highest BCUT2D eigenvalue weighted by Gasteiger charge is 2.24. The number of halogens is 2. The minimum atomic E-state index is -0.760. The summed E-state index contributed by atoms with van der Waals surface area (Å²) in [5, 5.41) is 5.70. The van der Waals surface area contributed by atoms with Crippen molar-refractivity contribution < 1.29 is 18.4 Å². The van der Waals surface area contributed by atoms with E-state index in [2.05, 4.69) is 32.1 Å². The number of aromatic nitrogens is 2. The van der Waals surface area contributed by atoms with Gasteiger partial charge in [0.05, 0.1) is 18.4 Å². The zero-order valence-electron chi connectivity index (χ0n) is 21.2. The number of benzene rings is 1. The lowest BCUT2D eigenvalue weighted by Gasteiger charge is -2.28. The molecule has 0 unspecified atom stereocenters. The van der Waals surface area contributed by atoms with Crippen molar-refractivity contribution in [1.82, 2.24) is 25.5 Å². The summed E-state index contributed by atoms with van der Waals surface area (Å²) in [5.41, 5.74) is 1.41. The van der Waals surface area contributed by atoms with Crippen LogP contribution in [0.2, 0.25) is 0 Å². The van der Waals surface area contributed by atoms with Crippen molar-refractivity contribution in [2.75, 3.05) is 13.1 Å². The number of nitrogens with one attached hydrogen (secondary N) is 3. The summed E-state index contributed by atoms with van der Waals surface area (Å²) in [7, 11) is 0. The van der Waals surface area contributed by atoms with Gasteiger partial charge in [-0.2, -0.15) is 0 Å². The monoisotopic (exact) mass is 501 g/mol. The van der Waals surface area contributed by atoms with Gasteiger partial charge in [0.25, 0.3) is 0 Å². The Hall–Kier alpha value is -3.23. The maximum atomic E-state index is 14.1. The number of aromatic amines is 1. The Morgan fingerprint density at radius 3 is 2.56 bits per heavy atom. The van der Waals surface area contributed by atoms with Crippen LogP contribution in [0.4, 0.5) is 8.78 Å². The van der Waals surface area contributed by atoms with Crippen molar-refractivity contribution in [3.8, 4) is 11.3 Å². The first-order valence-electron chi connectivity index (χ1n) is 12.7. The average Bonchev–Trinajstić information content (AvgIpc) is 3.12. The lowest BCUT2D eigenvalue weighted by molar-refractivity contribution is -0.129. The van der Waals surface area contributed by atoms with E-state index in [0.717, 1.165) is 44.1 Å². The first-order chi connectivity index (χ1) is 17.2. The number of rotatable bonds is 11. The molecule has 2 heterocycles. The van der Waals surface area contributed by atoms with Gasteiger partial charge in [-0.15, -0.1) is 0 Å². The number of amides is 2. The predicted octanol–water partition coefficient (Wildman–Crippen LogP) is 4.67. The van der Waals surface area contributed by atoms with Crippen LogP contribution in [-0.4, -0.2) is 45.8 Å². The van der Waals surface area contributed by atoms with Gasteiger partial charge >= 0.3 is 0 Å². The summed E-state index contributed by atoms with van der Waals surface area (Å²) in [6.45, 7) is 10.2. The van der Waals surface area contributed by atoms with Gasteiger partial charge in [0.15, 0.2) is 0 Å². The standard InChI is InChI=1S/C27H37F2N5O2/c1-18(2)8-11-26(35)33-23(14-19(3)34-12-6-4-5-7-13-34)27(36)31-17-25-30-16-24(32-25)21-10-9-20(28)15-22(21)29/h9-10,15-16,18,23H,3-8,11-14,17H2,1-2H3,(H,30,32)(H,31,36)(H,33,35)/t23-/m0/s1. The number of nitrogens with zero attached hydrogens (tertiary/aromatic N) is 2. The first-order valence-corrected chi connectivity index (χ1v) is 12.7. The molecule has 196 valence electrons. The van der Waals surface area contributed by atoms with Crippen molar-refractivity contribution in [2.45, 2.75) is 71.4 Å². The van der Waals surface area contributed by atoms with Crippen LogP contribution in [-0.2, 0) is 16.1 Å². The van der Waals surface area contributed by atoms with Crippen LogP contribution in [0.5, 0.6) is 0 Å². The Morgan fingerprint density at radius 2 is 1.89 bits per heavy atom. The fourth-order valence-electron chi connectivity index (χ4n) is 4.24. The SMILES string of the molecule is C=C(C[C@H](NC(=O)CCC(C)C)C(=O)NCc1ncc(-c2ccc(F)cc2F)[nH]1)N1CCCCCC1. The van der Waals surface area contributed by atoms with Crippen molar-refractivity contribution in [1.29, 1.82) is 0 Å². The Morgan fingerprint density at radius 1 is 1.17 bits per heavy atom. The molecule has 2 amide bonds. The summed E-state index contributed by atoms with van der Waals surface area (Å²) in [6, 6.07) is 2.55. The molecule has 1 atom stereocenters. The Kier molecular flexibility index (Phi) is 10.0. The molecule has 3 N–H and O–H groups in total. The normalized spacial score (nSPS) is 14.9. The van der Waals surface area contributed by atoms with Gasteiger partial charge in [0, 0.05) is 43.3 Å². The Balaban J connectivity index is 1.64. The van der Waals surface area contributed by atoms with Gasteiger partial charge in [0.1, 0.15) is 23.5 Å². The van der Waals surface area contributed by atoms with Crippen LogP contribution < -0.4 is 10.6 Å². The molecule has 0 saturated carbocycles. The molecule has 1 aliphatic heterocycles. The fourth-order valence-corrected chi connectivity index (χ4v) is 4.24. The third kappa shape index (κ3) is 8.17. The smallest absolute Gasteiger partial charge is 0.243 e. The van der Waals surface area contributed by atoms with Crippen LogP contribution in [0.3, 0.4) is 0 Å². The number of imidazole rings is 1. The number of likely N-dealkylation sites (tertiary alicyclic amines) is 1. The van der Waals surface area contributed by atoms with E-state index in [1.807, 2.05) is 13.8 Å². The second kappa shape index (κ2) is 13.2. The molecule has 9 heteroatoms. The topological polar surface area (TPSA) is 90.1 Å². The Labute approximate surface area is 211 Å². The highest BCUT2D eigenvalue weighted by molar-refractivity contribution is 5.87. The molecule has 3 rings (SSSR count). The van der Waals surface area contributed by atoms with Gasteiger partial charge < -0.3 is 20.5 Å². The third-order valence-corrected chi connectivity index (χ3v) is 6.37. The van der Waals surface area contributed by atoms with E-state index in [1.165, 1.54) is 31.2 Å². The highest BCUT2D eigenvalue weighted by Crippen LogP contribution is 2.22. The average molecular weight is 502 g/mol. The van der Waals surface area contributed by atoms with Gasteiger partial charge in [-0.25, -0.2) is 13.8 Å². The van der Waals surface area contributed by atoms with Crippen LogP contribution in [0.1, 0.15) is 64.6 Å². The molecular formula is C27H37F2N5O2. The van der Waals surface area contributed by atoms with Crippen molar-refractivity contribution in [3.05, 3.63) is 54.1 Å². The van der Waals surface area contributed by atoms with E-state index in [1.54, 1.807) is 0 Å². The maximum Gasteiger partial charge on any atom is 0.243 e. The molecule has 36 heavy (non-hydrogen) atoms. The molecular weight excluding hydrogens is 464 g/mol. The molecule has 1 aromatic carbocycles. The van der Waals surface area contributed by atoms with E-state index >= 15 is 0 Å². The molecule has 1 aromatic heterocycles. The minimum absolute atomic E-state index is 0.0657. The van der Waals surface area contributed by atoms with Crippen LogP contribution in [0.25, 0.3) is 11.3 Å². The second-order valence-electron chi connectivity index (χ2n) is 9.81. The van der Waals surface area contributed by atoms with Crippen molar-refractivity contribution in [3.63, 3.8) is 0 Å². The summed E-state index contributed by atoms with van der Waals surface area (Å²) in [4.78, 5) is 35.0. The van der Waals surface area contributed by atoms with E-state index in [4.69, 9.17) is 0 Å². The van der Waals surface area contributed by atoms with Gasteiger partial charge in [-0.1, -0.05) is 33.3 Å². The maximum absolute atomic E-state index is 14.1. The molecule has 0 spiro atoms. The largest absolute Gasteiger partial charge is 0.375 e. The summed E-state index contributed by atoms with van der Waals surface area (Å²) in [6.07, 6.45) is 7.40. The molecule has 2 aromatic rings. The predicted molar refractivity (Wildman–Crippen MR) is 136 cm³/mol. The van der Waals surface area contributed by atoms with Crippen LogP contribution in [0, 0.1) is 17.6 Å². The molecule has 1 fully saturated rings. The molecule has 1 aliphatic rings. The summed E-state index contributed by atoms with van der Waals surface area (Å²) >= 11 is 0. The molecule has 0 bridgehead atoms. The van der Waals surface area contributed by atoms with Gasteiger partial charge in [0.2, 0.25) is 11.8 Å². The van der Waals surface area contributed by atoms with E-state index in [0.29, 0.717) is 30.3 Å². The van der Waals surface area contributed by atoms with Crippen molar-refractivity contribution in [2.24, 2.45) is 5.92 Å². The molecule has 1 saturated heterocycles. The second-order valence-corrected chi connectivity index (χ2v) is 9.81. The lowest BCUT2D eigenvalue weighted by atomic mass is 10.1. The van der Waals surface area contributed by atoms with Crippen molar-refractivity contribution >= 4 is 11.8 Å². The summed E-state index contributed by atoms with van der Waals surface area (Å²) in [5.74, 6) is -1.07. The first kappa shape index (κ1) is 27.4. The quantitative estimate of drug-likeness (QED) is 0.417. The molecule has 0 radical (unpaired) electrons. The van der Waals surface area contributed by atoms with Crippen LogP contribution in [0.15, 0.2) is 36.7 Å². The van der Waals surface area contributed by atoms with Crippen LogP contribution >= 0.6 is 0 Å². The molecule has 7 nitrogen and oxygen atoms in total. The molecule has 0 aliphatic carbocycles. The number of hydrogen-bond donors (Lipinski definition) is 3. The summed E-state index contributed by atoms with van der Waals surface area (Å²) < 4.78 is 27.3. The fraction of sp³-hybridized carbons (Fsp3) is 0.519. The number of H-pyrrole nitrogens is 1. The number of hydrogen-bond acceptors (Lipinski definition) is 4. The van der Waals surface area contributed by atoms with E-state index < -0.39 is 17.7 Å². The lowest BCUT2D eigenvalue weighted by Crippen LogP contribution is -2.47. The zero-order chi connectivity index (χ0) is 26.1. The van der Waals surface area contributed by atoms with Gasteiger partial charge in [-0.05, 0) is 37.3 Å². The zero-order valence-corrected chi connectivity index (χ0v) is 21.2. The Bertz CT molecular complexity index is 1040. The minimum Gasteiger partial charge on any atom is -0.375 e. The number of carbonyl (C=O) groups is 2. The number of carbonyl (C=O) groups excluding carboxylic acids is 2. The third-order valence-electron chi connectivity index (χ3n) is 6.37. The van der Waals surface area contributed by atoms with E-state index in [-0.39, 0.29) is 23.9 Å². The highest BCUT2D eigenvalue weighted by atomic mass is 19.1.